The second kappa shape index (κ2) is 3.71. The molecule has 6 rings (SSSR count). The molecular formula is C17H14N2O2. The highest BCUT2D eigenvalue weighted by Crippen LogP contribution is 2.64. The number of ether oxygens (including phenoxy) is 1. The smallest absolute Gasteiger partial charge is 0.239 e. The molecule has 2 bridgehead atoms. The third kappa shape index (κ3) is 1.24. The number of para-hydroxylation sites is 1. The largest absolute Gasteiger partial charge is 0.369 e. The van der Waals surface area contributed by atoms with Crippen molar-refractivity contribution in [1.29, 1.82) is 0 Å². The predicted octanol–water partition coefficient (Wildman–Crippen LogP) is 2.62. The summed E-state index contributed by atoms with van der Waals surface area (Å²) in [6.45, 7) is 0.688. The minimum atomic E-state index is -0.406. The number of aromatic nitrogens is 1. The molecule has 4 aliphatic rings. The van der Waals surface area contributed by atoms with E-state index < -0.39 is 5.60 Å². The van der Waals surface area contributed by atoms with Crippen molar-refractivity contribution in [3.05, 3.63) is 54.2 Å². The van der Waals surface area contributed by atoms with Gasteiger partial charge in [0.15, 0.2) is 0 Å². The van der Waals surface area contributed by atoms with Gasteiger partial charge in [0.25, 0.3) is 0 Å². The van der Waals surface area contributed by atoms with Crippen molar-refractivity contribution in [3.8, 4) is 0 Å². The van der Waals surface area contributed by atoms with Gasteiger partial charge in [-0.05, 0) is 24.6 Å². The number of amides is 1. The number of fused-ring (bicyclic) bond motifs is 2. The molecule has 1 aromatic carbocycles. The highest BCUT2D eigenvalue weighted by molar-refractivity contribution is 6.05. The van der Waals surface area contributed by atoms with Gasteiger partial charge < -0.3 is 4.74 Å². The van der Waals surface area contributed by atoms with Crippen LogP contribution in [0.4, 0.5) is 11.5 Å². The summed E-state index contributed by atoms with van der Waals surface area (Å²) in [5, 5.41) is 0. The maximum Gasteiger partial charge on any atom is 0.239 e. The Hall–Kier alpha value is -2.20. The zero-order valence-electron chi connectivity index (χ0n) is 11.4. The fourth-order valence-electron chi connectivity index (χ4n) is 4.15. The summed E-state index contributed by atoms with van der Waals surface area (Å²) in [7, 11) is 0. The summed E-state index contributed by atoms with van der Waals surface area (Å²) >= 11 is 0. The topological polar surface area (TPSA) is 42.4 Å². The lowest BCUT2D eigenvalue weighted by molar-refractivity contribution is -0.140. The minimum absolute atomic E-state index is 0.0468. The SMILES string of the molecule is O=C1C2C3COC2(C3)c2cccnc2N1c1ccccc1. The van der Waals surface area contributed by atoms with E-state index in [1.54, 1.807) is 11.1 Å². The van der Waals surface area contributed by atoms with Crippen LogP contribution in [0, 0.1) is 11.8 Å². The van der Waals surface area contributed by atoms with Gasteiger partial charge in [-0.3, -0.25) is 9.69 Å². The van der Waals surface area contributed by atoms with E-state index in [0.29, 0.717) is 12.5 Å². The first kappa shape index (κ1) is 11.5. The first-order valence-corrected chi connectivity index (χ1v) is 7.30. The minimum Gasteiger partial charge on any atom is -0.369 e. The zero-order chi connectivity index (χ0) is 14.0. The van der Waals surface area contributed by atoms with Crippen LogP contribution >= 0.6 is 0 Å². The van der Waals surface area contributed by atoms with Gasteiger partial charge in [0.1, 0.15) is 11.4 Å². The van der Waals surface area contributed by atoms with E-state index in [4.69, 9.17) is 4.74 Å². The Morgan fingerprint density at radius 3 is 2.86 bits per heavy atom. The Morgan fingerprint density at radius 2 is 2.05 bits per heavy atom. The van der Waals surface area contributed by atoms with Crippen LogP contribution in [0.25, 0.3) is 0 Å². The number of benzene rings is 1. The van der Waals surface area contributed by atoms with Crippen LogP contribution in [0.3, 0.4) is 0 Å². The van der Waals surface area contributed by atoms with Gasteiger partial charge in [0.2, 0.25) is 5.91 Å². The van der Waals surface area contributed by atoms with E-state index in [2.05, 4.69) is 11.1 Å². The van der Waals surface area contributed by atoms with Crippen LogP contribution in [-0.4, -0.2) is 17.5 Å². The van der Waals surface area contributed by atoms with Gasteiger partial charge >= 0.3 is 0 Å². The fraction of sp³-hybridized carbons (Fsp3) is 0.294. The number of anilines is 2. The molecule has 4 nitrogen and oxygen atoms in total. The maximum absolute atomic E-state index is 13.0. The summed E-state index contributed by atoms with van der Waals surface area (Å²) in [5.74, 6) is 1.16. The molecule has 2 aromatic rings. The molecular weight excluding hydrogens is 264 g/mol. The van der Waals surface area contributed by atoms with E-state index in [9.17, 15) is 4.79 Å². The second-order valence-corrected chi connectivity index (χ2v) is 6.03. The molecule has 0 N–H and O–H groups in total. The summed E-state index contributed by atoms with van der Waals surface area (Å²) in [6, 6.07) is 13.7. The third-order valence-corrected chi connectivity index (χ3v) is 5.05. The lowest BCUT2D eigenvalue weighted by Gasteiger charge is -2.50. The molecule has 0 radical (unpaired) electrons. The van der Waals surface area contributed by atoms with E-state index in [1.807, 2.05) is 36.4 Å². The number of carbonyl (C=O) groups excluding carboxylic acids is 1. The first-order valence-electron chi connectivity index (χ1n) is 7.30. The molecule has 1 spiro atoms. The molecule has 1 amide bonds. The van der Waals surface area contributed by atoms with Crippen LogP contribution in [0.15, 0.2) is 48.7 Å². The van der Waals surface area contributed by atoms with Gasteiger partial charge in [-0.2, -0.15) is 0 Å². The quantitative estimate of drug-likeness (QED) is 0.805. The normalized spacial score (nSPS) is 32.4. The molecule has 3 unspecified atom stereocenters. The molecule has 1 aromatic heterocycles. The number of carbonyl (C=O) groups is 1. The average Bonchev–Trinajstić information content (AvgIpc) is 3.09. The van der Waals surface area contributed by atoms with E-state index in [0.717, 1.165) is 23.5 Å². The Kier molecular flexibility index (Phi) is 2.02. The Morgan fingerprint density at radius 1 is 1.19 bits per heavy atom. The third-order valence-electron chi connectivity index (χ3n) is 5.05. The Balaban J connectivity index is 1.76. The van der Waals surface area contributed by atoms with Crippen molar-refractivity contribution in [2.45, 2.75) is 12.0 Å². The Bertz CT molecular complexity index is 741. The molecule has 21 heavy (non-hydrogen) atoms. The summed E-state index contributed by atoms with van der Waals surface area (Å²) in [6.07, 6.45) is 2.69. The second-order valence-electron chi connectivity index (χ2n) is 6.03. The van der Waals surface area contributed by atoms with E-state index in [-0.39, 0.29) is 11.8 Å². The van der Waals surface area contributed by atoms with Gasteiger partial charge in [0, 0.05) is 17.7 Å². The zero-order valence-corrected chi connectivity index (χ0v) is 11.4. The summed E-state index contributed by atoms with van der Waals surface area (Å²) in [5.41, 5.74) is 1.53. The van der Waals surface area contributed by atoms with Crippen LogP contribution in [0.2, 0.25) is 0 Å². The molecule has 3 aliphatic heterocycles. The van der Waals surface area contributed by atoms with Crippen LogP contribution < -0.4 is 4.90 Å². The standard InChI is InChI=1S/C17H14N2O2/c20-16-14-11-9-17(14,21-10-11)13-7-4-8-18-15(13)19(16)12-5-2-1-3-6-12/h1-8,11,14H,9-10H2. The summed E-state index contributed by atoms with van der Waals surface area (Å²) < 4.78 is 6.01. The lowest BCUT2D eigenvalue weighted by atomic mass is 9.59. The molecule has 3 fully saturated rings. The maximum atomic E-state index is 13.0. The number of rotatable bonds is 1. The van der Waals surface area contributed by atoms with Crippen molar-refractivity contribution in [3.63, 3.8) is 0 Å². The van der Waals surface area contributed by atoms with Crippen molar-refractivity contribution in [2.75, 3.05) is 11.5 Å². The van der Waals surface area contributed by atoms with Crippen molar-refractivity contribution < 1.29 is 9.53 Å². The van der Waals surface area contributed by atoms with Crippen LogP contribution in [-0.2, 0) is 15.1 Å². The van der Waals surface area contributed by atoms with Crippen molar-refractivity contribution >= 4 is 17.4 Å². The fourth-order valence-corrected chi connectivity index (χ4v) is 4.15. The Labute approximate surface area is 122 Å². The molecule has 4 heteroatoms. The van der Waals surface area contributed by atoms with Gasteiger partial charge in [-0.1, -0.05) is 24.3 Å². The lowest BCUT2D eigenvalue weighted by Crippen LogP contribution is -2.57. The molecule has 4 heterocycles. The first-order chi connectivity index (χ1) is 10.3. The molecule has 2 saturated heterocycles. The molecule has 3 atom stereocenters. The number of hydrogen-bond acceptors (Lipinski definition) is 3. The van der Waals surface area contributed by atoms with Crippen molar-refractivity contribution in [1.82, 2.24) is 4.98 Å². The van der Waals surface area contributed by atoms with Gasteiger partial charge in [-0.25, -0.2) is 4.98 Å². The number of pyridine rings is 1. The summed E-state index contributed by atoms with van der Waals surface area (Å²) in [4.78, 5) is 19.3. The van der Waals surface area contributed by atoms with Gasteiger partial charge in [0.05, 0.1) is 18.2 Å². The van der Waals surface area contributed by atoms with Crippen molar-refractivity contribution in [2.24, 2.45) is 11.8 Å². The van der Waals surface area contributed by atoms with E-state index >= 15 is 0 Å². The van der Waals surface area contributed by atoms with Gasteiger partial charge in [-0.15, -0.1) is 0 Å². The molecule has 1 aliphatic carbocycles. The predicted molar refractivity (Wildman–Crippen MR) is 77.1 cm³/mol. The van der Waals surface area contributed by atoms with Crippen LogP contribution in [0.1, 0.15) is 12.0 Å². The van der Waals surface area contributed by atoms with E-state index in [1.165, 1.54) is 0 Å². The number of nitrogens with zero attached hydrogens (tertiary/aromatic N) is 2. The average molecular weight is 278 g/mol. The molecule has 1 saturated carbocycles. The number of hydrogen-bond donors (Lipinski definition) is 0. The highest BCUT2D eigenvalue weighted by Gasteiger charge is 2.68. The van der Waals surface area contributed by atoms with Crippen LogP contribution in [0.5, 0.6) is 0 Å². The highest BCUT2D eigenvalue weighted by atomic mass is 16.5. The monoisotopic (exact) mass is 278 g/mol. The molecule has 104 valence electrons.